The molecule has 6 heteroatoms. The maximum absolute atomic E-state index is 12.3. The lowest BCUT2D eigenvalue weighted by molar-refractivity contribution is 0.0205. The number of furan rings is 1. The van der Waals surface area contributed by atoms with Crippen molar-refractivity contribution in [3.05, 3.63) is 77.6 Å². The van der Waals surface area contributed by atoms with Gasteiger partial charge in [0.1, 0.15) is 17.1 Å². The SMILES string of the molecule is CC(C)(C)OC(=O)N1CCC(c2ccc(NCc3ccc(-c4ccc(C#N)cc4)o3)cc2)CC1. The molecule has 1 aliphatic heterocycles. The van der Waals surface area contributed by atoms with Gasteiger partial charge in [-0.2, -0.15) is 5.26 Å². The predicted octanol–water partition coefficient (Wildman–Crippen LogP) is 6.54. The third-order valence-electron chi connectivity index (χ3n) is 5.96. The summed E-state index contributed by atoms with van der Waals surface area (Å²) in [6.45, 7) is 7.72. The third-order valence-corrected chi connectivity index (χ3v) is 5.96. The molecule has 0 atom stereocenters. The van der Waals surface area contributed by atoms with Crippen molar-refractivity contribution in [2.75, 3.05) is 18.4 Å². The Kier molecular flexibility index (Phi) is 6.93. The van der Waals surface area contributed by atoms with Crippen molar-refractivity contribution in [3.8, 4) is 17.4 Å². The van der Waals surface area contributed by atoms with Crippen LogP contribution in [0.4, 0.5) is 10.5 Å². The first kappa shape index (κ1) is 23.4. The maximum atomic E-state index is 12.3. The fraction of sp³-hybridized carbons (Fsp3) is 0.357. The van der Waals surface area contributed by atoms with Crippen LogP contribution in [0.25, 0.3) is 11.3 Å². The molecule has 176 valence electrons. The lowest BCUT2D eigenvalue weighted by atomic mass is 9.89. The highest BCUT2D eigenvalue weighted by molar-refractivity contribution is 5.68. The molecule has 0 radical (unpaired) electrons. The van der Waals surface area contributed by atoms with Gasteiger partial charge in [-0.25, -0.2) is 4.79 Å². The Hall–Kier alpha value is -3.72. The fourth-order valence-corrected chi connectivity index (χ4v) is 4.12. The van der Waals surface area contributed by atoms with Gasteiger partial charge in [0.25, 0.3) is 0 Å². The summed E-state index contributed by atoms with van der Waals surface area (Å²) in [5.41, 5.74) is 3.46. The van der Waals surface area contributed by atoms with Crippen LogP contribution in [0.5, 0.6) is 0 Å². The summed E-state index contributed by atoms with van der Waals surface area (Å²) in [6, 6.07) is 21.9. The van der Waals surface area contributed by atoms with Gasteiger partial charge in [0, 0.05) is 24.3 Å². The van der Waals surface area contributed by atoms with Crippen molar-refractivity contribution in [2.24, 2.45) is 0 Å². The molecule has 2 heterocycles. The molecular formula is C28H31N3O3. The number of benzene rings is 2. The molecule has 1 N–H and O–H groups in total. The molecule has 6 nitrogen and oxygen atoms in total. The molecule has 1 aliphatic rings. The largest absolute Gasteiger partial charge is 0.459 e. The highest BCUT2D eigenvalue weighted by Crippen LogP contribution is 2.30. The molecule has 0 spiro atoms. The van der Waals surface area contributed by atoms with Crippen molar-refractivity contribution >= 4 is 11.8 Å². The molecule has 1 aromatic heterocycles. The normalized spacial score (nSPS) is 14.5. The lowest BCUT2D eigenvalue weighted by Crippen LogP contribution is -2.41. The van der Waals surface area contributed by atoms with Gasteiger partial charge in [-0.3, -0.25) is 0 Å². The molecular weight excluding hydrogens is 426 g/mol. The van der Waals surface area contributed by atoms with Gasteiger partial charge in [0.2, 0.25) is 0 Å². The Bertz CT molecular complexity index is 1140. The molecule has 0 unspecified atom stereocenters. The zero-order valence-electron chi connectivity index (χ0n) is 20.0. The quantitative estimate of drug-likeness (QED) is 0.470. The first-order valence-corrected chi connectivity index (χ1v) is 11.7. The van der Waals surface area contributed by atoms with Crippen LogP contribution in [-0.2, 0) is 11.3 Å². The van der Waals surface area contributed by atoms with Gasteiger partial charge >= 0.3 is 6.09 Å². The van der Waals surface area contributed by atoms with Crippen LogP contribution in [-0.4, -0.2) is 29.7 Å². The molecule has 3 aromatic rings. The molecule has 1 fully saturated rings. The Balaban J connectivity index is 1.27. The Morgan fingerprint density at radius 2 is 1.74 bits per heavy atom. The van der Waals surface area contributed by atoms with Gasteiger partial charge in [-0.15, -0.1) is 0 Å². The van der Waals surface area contributed by atoms with Crippen molar-refractivity contribution in [1.29, 1.82) is 5.26 Å². The number of hydrogen-bond acceptors (Lipinski definition) is 5. The highest BCUT2D eigenvalue weighted by Gasteiger charge is 2.27. The number of carbonyl (C=O) groups excluding carboxylic acids is 1. The number of ether oxygens (including phenoxy) is 1. The van der Waals surface area contributed by atoms with Crippen LogP contribution in [0.15, 0.2) is 65.1 Å². The van der Waals surface area contributed by atoms with Crippen molar-refractivity contribution < 1.29 is 13.9 Å². The van der Waals surface area contributed by atoms with E-state index in [0.717, 1.165) is 48.7 Å². The van der Waals surface area contributed by atoms with E-state index < -0.39 is 5.60 Å². The van der Waals surface area contributed by atoms with Gasteiger partial charge in [0.15, 0.2) is 0 Å². The van der Waals surface area contributed by atoms with Crippen LogP contribution in [0.1, 0.15) is 56.4 Å². The van der Waals surface area contributed by atoms with Crippen LogP contribution in [0.2, 0.25) is 0 Å². The zero-order valence-corrected chi connectivity index (χ0v) is 20.0. The molecule has 1 saturated heterocycles. The summed E-state index contributed by atoms with van der Waals surface area (Å²) in [5, 5.41) is 12.3. The Morgan fingerprint density at radius 1 is 1.06 bits per heavy atom. The van der Waals surface area contributed by atoms with E-state index in [0.29, 0.717) is 18.0 Å². The van der Waals surface area contributed by atoms with Crippen molar-refractivity contribution in [2.45, 2.75) is 51.7 Å². The monoisotopic (exact) mass is 457 g/mol. The van der Waals surface area contributed by atoms with Gasteiger partial charge in [-0.05, 0) is 93.6 Å². The van der Waals surface area contributed by atoms with Crippen molar-refractivity contribution in [3.63, 3.8) is 0 Å². The lowest BCUT2D eigenvalue weighted by Gasteiger charge is -2.33. The van der Waals surface area contributed by atoms with E-state index in [-0.39, 0.29) is 6.09 Å². The molecule has 1 amide bonds. The smallest absolute Gasteiger partial charge is 0.410 e. The van der Waals surface area contributed by atoms with Crippen LogP contribution >= 0.6 is 0 Å². The van der Waals surface area contributed by atoms with E-state index in [9.17, 15) is 4.79 Å². The molecule has 0 bridgehead atoms. The zero-order chi connectivity index (χ0) is 24.1. The first-order chi connectivity index (χ1) is 16.3. The van der Waals surface area contributed by atoms with Gasteiger partial charge < -0.3 is 19.4 Å². The summed E-state index contributed by atoms with van der Waals surface area (Å²) in [5.74, 6) is 2.08. The van der Waals surface area contributed by atoms with E-state index in [1.165, 1.54) is 5.56 Å². The van der Waals surface area contributed by atoms with E-state index >= 15 is 0 Å². The molecule has 0 aliphatic carbocycles. The number of rotatable bonds is 5. The standard InChI is InChI=1S/C28H31N3O3/c1-28(2,3)34-27(32)31-16-14-22(15-17-31)21-8-10-24(11-9-21)30-19-25-12-13-26(33-25)23-6-4-20(18-29)5-7-23/h4-13,22,30H,14-17,19H2,1-3H3. The first-order valence-electron chi connectivity index (χ1n) is 11.7. The summed E-state index contributed by atoms with van der Waals surface area (Å²) < 4.78 is 11.4. The van der Waals surface area contributed by atoms with Crippen LogP contribution < -0.4 is 5.32 Å². The average molecular weight is 458 g/mol. The minimum Gasteiger partial charge on any atom is -0.459 e. The number of amides is 1. The van der Waals surface area contributed by atoms with E-state index in [1.807, 2.05) is 49.9 Å². The number of carbonyl (C=O) groups is 1. The highest BCUT2D eigenvalue weighted by atomic mass is 16.6. The molecule has 34 heavy (non-hydrogen) atoms. The summed E-state index contributed by atoms with van der Waals surface area (Å²) in [6.07, 6.45) is 1.67. The van der Waals surface area contributed by atoms with Crippen molar-refractivity contribution in [1.82, 2.24) is 4.90 Å². The number of nitriles is 1. The molecule has 4 rings (SSSR count). The second-order valence-electron chi connectivity index (χ2n) is 9.67. The predicted molar refractivity (Wildman–Crippen MR) is 132 cm³/mol. The minimum atomic E-state index is -0.461. The molecule has 0 saturated carbocycles. The summed E-state index contributed by atoms with van der Waals surface area (Å²) in [7, 11) is 0. The summed E-state index contributed by atoms with van der Waals surface area (Å²) >= 11 is 0. The van der Waals surface area contributed by atoms with Crippen LogP contribution in [0.3, 0.4) is 0 Å². The average Bonchev–Trinajstić information content (AvgIpc) is 3.31. The number of nitrogens with one attached hydrogen (secondary N) is 1. The van der Waals surface area contributed by atoms with E-state index in [1.54, 1.807) is 12.1 Å². The summed E-state index contributed by atoms with van der Waals surface area (Å²) in [4.78, 5) is 14.1. The Labute approximate surface area is 201 Å². The van der Waals surface area contributed by atoms with E-state index in [2.05, 4.69) is 35.7 Å². The molecule has 2 aromatic carbocycles. The van der Waals surface area contributed by atoms with E-state index in [4.69, 9.17) is 14.4 Å². The number of piperidine rings is 1. The Morgan fingerprint density at radius 3 is 2.35 bits per heavy atom. The minimum absolute atomic E-state index is 0.217. The number of anilines is 1. The van der Waals surface area contributed by atoms with Gasteiger partial charge in [-0.1, -0.05) is 12.1 Å². The second-order valence-corrected chi connectivity index (χ2v) is 9.67. The third kappa shape index (κ3) is 5.99. The topological polar surface area (TPSA) is 78.5 Å². The van der Waals surface area contributed by atoms with Crippen LogP contribution in [0, 0.1) is 11.3 Å². The number of hydrogen-bond donors (Lipinski definition) is 1. The maximum Gasteiger partial charge on any atom is 0.410 e. The fourth-order valence-electron chi connectivity index (χ4n) is 4.12. The second kappa shape index (κ2) is 10.0. The number of likely N-dealkylation sites (tertiary alicyclic amines) is 1. The number of nitrogens with zero attached hydrogens (tertiary/aromatic N) is 2. The van der Waals surface area contributed by atoms with Gasteiger partial charge in [0.05, 0.1) is 18.2 Å².